The third kappa shape index (κ3) is 2.55. The number of nitrogens with zero attached hydrogens (tertiary/aromatic N) is 3. The molecule has 1 aromatic heterocycles. The number of anilines is 1. The van der Waals surface area contributed by atoms with Crippen molar-refractivity contribution in [2.24, 2.45) is 0 Å². The molecule has 2 aromatic rings. The van der Waals surface area contributed by atoms with Crippen LogP contribution in [0.15, 0.2) is 24.3 Å². The van der Waals surface area contributed by atoms with Gasteiger partial charge in [0, 0.05) is 12.1 Å². The Morgan fingerprint density at radius 2 is 2.04 bits per heavy atom. The SMILES string of the molecule is CCc1ccc(-n2nc(C3CCCCN3C)c3c2NCC3)cc1. The van der Waals surface area contributed by atoms with Gasteiger partial charge in [-0.25, -0.2) is 4.68 Å². The fourth-order valence-corrected chi connectivity index (χ4v) is 3.95. The monoisotopic (exact) mass is 310 g/mol. The molecular formula is C19H26N4. The average molecular weight is 310 g/mol. The van der Waals surface area contributed by atoms with Crippen LogP contribution in [0.3, 0.4) is 0 Å². The summed E-state index contributed by atoms with van der Waals surface area (Å²) in [6.07, 6.45) is 6.03. The zero-order chi connectivity index (χ0) is 15.8. The molecule has 122 valence electrons. The van der Waals surface area contributed by atoms with Crippen molar-refractivity contribution >= 4 is 5.82 Å². The van der Waals surface area contributed by atoms with Crippen molar-refractivity contribution < 1.29 is 0 Å². The molecule has 1 atom stereocenters. The number of fused-ring (bicyclic) bond motifs is 1. The molecule has 1 unspecified atom stereocenters. The Morgan fingerprint density at radius 3 is 2.78 bits per heavy atom. The van der Waals surface area contributed by atoms with E-state index in [1.807, 2.05) is 0 Å². The normalized spacial score (nSPS) is 21.2. The summed E-state index contributed by atoms with van der Waals surface area (Å²) in [6.45, 7) is 4.41. The third-order valence-electron chi connectivity index (χ3n) is 5.36. The highest BCUT2D eigenvalue weighted by Gasteiger charge is 2.31. The number of aryl methyl sites for hydroxylation is 1. The van der Waals surface area contributed by atoms with Crippen molar-refractivity contribution in [3.05, 3.63) is 41.1 Å². The molecule has 4 rings (SSSR count). The van der Waals surface area contributed by atoms with Gasteiger partial charge in [-0.05, 0) is 57.0 Å². The van der Waals surface area contributed by atoms with Crippen molar-refractivity contribution in [3.8, 4) is 5.69 Å². The molecule has 4 heteroatoms. The summed E-state index contributed by atoms with van der Waals surface area (Å²) in [5, 5.41) is 8.60. The minimum Gasteiger partial charge on any atom is -0.369 e. The molecule has 1 fully saturated rings. The van der Waals surface area contributed by atoms with E-state index in [-0.39, 0.29) is 0 Å². The van der Waals surface area contributed by atoms with E-state index >= 15 is 0 Å². The van der Waals surface area contributed by atoms with Crippen molar-refractivity contribution in [1.82, 2.24) is 14.7 Å². The van der Waals surface area contributed by atoms with Gasteiger partial charge in [0.05, 0.1) is 17.4 Å². The predicted octanol–water partition coefficient (Wildman–Crippen LogP) is 3.56. The minimum absolute atomic E-state index is 0.480. The molecule has 0 spiro atoms. The van der Waals surface area contributed by atoms with Crippen LogP contribution in [0.4, 0.5) is 5.82 Å². The second-order valence-electron chi connectivity index (χ2n) is 6.81. The second kappa shape index (κ2) is 6.00. The number of nitrogens with one attached hydrogen (secondary N) is 1. The number of benzene rings is 1. The lowest BCUT2D eigenvalue weighted by Crippen LogP contribution is -2.30. The molecule has 4 nitrogen and oxygen atoms in total. The maximum Gasteiger partial charge on any atom is 0.133 e. The van der Waals surface area contributed by atoms with Gasteiger partial charge in [-0.15, -0.1) is 0 Å². The van der Waals surface area contributed by atoms with Gasteiger partial charge < -0.3 is 5.32 Å². The van der Waals surface area contributed by atoms with Gasteiger partial charge >= 0.3 is 0 Å². The summed E-state index contributed by atoms with van der Waals surface area (Å²) in [6, 6.07) is 9.30. The average Bonchev–Trinajstić information content (AvgIpc) is 3.18. The number of hydrogen-bond donors (Lipinski definition) is 1. The van der Waals surface area contributed by atoms with E-state index in [1.165, 1.54) is 48.4 Å². The Hall–Kier alpha value is -1.81. The van der Waals surface area contributed by atoms with Crippen LogP contribution < -0.4 is 5.32 Å². The quantitative estimate of drug-likeness (QED) is 0.941. The first-order valence-corrected chi connectivity index (χ1v) is 8.93. The van der Waals surface area contributed by atoms with Crippen LogP contribution in [0.25, 0.3) is 5.69 Å². The van der Waals surface area contributed by atoms with E-state index in [1.54, 1.807) is 0 Å². The largest absolute Gasteiger partial charge is 0.369 e. The molecule has 2 aliphatic rings. The second-order valence-corrected chi connectivity index (χ2v) is 6.81. The highest BCUT2D eigenvalue weighted by Crippen LogP contribution is 2.37. The summed E-state index contributed by atoms with van der Waals surface area (Å²) in [5.41, 5.74) is 5.27. The van der Waals surface area contributed by atoms with Gasteiger partial charge in [0.15, 0.2) is 0 Å². The Kier molecular flexibility index (Phi) is 3.85. The van der Waals surface area contributed by atoms with E-state index in [2.05, 4.69) is 53.1 Å². The number of rotatable bonds is 3. The molecule has 1 aromatic carbocycles. The summed E-state index contributed by atoms with van der Waals surface area (Å²) in [7, 11) is 2.24. The zero-order valence-electron chi connectivity index (χ0n) is 14.2. The first kappa shape index (κ1) is 14.8. The lowest BCUT2D eigenvalue weighted by atomic mass is 9.97. The topological polar surface area (TPSA) is 33.1 Å². The maximum absolute atomic E-state index is 5.04. The van der Waals surface area contributed by atoms with Crippen molar-refractivity contribution in [2.45, 2.75) is 45.1 Å². The third-order valence-corrected chi connectivity index (χ3v) is 5.36. The van der Waals surface area contributed by atoms with E-state index in [0.29, 0.717) is 6.04 Å². The minimum atomic E-state index is 0.480. The highest BCUT2D eigenvalue weighted by atomic mass is 15.4. The van der Waals surface area contributed by atoms with E-state index in [4.69, 9.17) is 5.10 Å². The zero-order valence-corrected chi connectivity index (χ0v) is 14.2. The van der Waals surface area contributed by atoms with Crippen molar-refractivity contribution in [2.75, 3.05) is 25.5 Å². The molecule has 1 N–H and O–H groups in total. The van der Waals surface area contributed by atoms with Crippen LogP contribution in [0.5, 0.6) is 0 Å². The van der Waals surface area contributed by atoms with E-state index in [0.717, 1.165) is 25.1 Å². The molecule has 2 aliphatic heterocycles. The van der Waals surface area contributed by atoms with Crippen LogP contribution in [-0.2, 0) is 12.8 Å². The first-order chi connectivity index (χ1) is 11.3. The summed E-state index contributed by atoms with van der Waals surface area (Å²) in [5.74, 6) is 1.21. The Balaban J connectivity index is 1.74. The molecule has 3 heterocycles. The molecule has 1 saturated heterocycles. The van der Waals surface area contributed by atoms with Gasteiger partial charge in [0.1, 0.15) is 5.82 Å². The number of likely N-dealkylation sites (tertiary alicyclic amines) is 1. The Bertz CT molecular complexity index is 686. The predicted molar refractivity (Wildman–Crippen MR) is 94.4 cm³/mol. The molecule has 0 aliphatic carbocycles. The Morgan fingerprint density at radius 1 is 1.22 bits per heavy atom. The van der Waals surface area contributed by atoms with Crippen molar-refractivity contribution in [3.63, 3.8) is 0 Å². The molecular weight excluding hydrogens is 284 g/mol. The van der Waals surface area contributed by atoms with Crippen LogP contribution in [0, 0.1) is 0 Å². The fourth-order valence-electron chi connectivity index (χ4n) is 3.95. The molecule has 0 saturated carbocycles. The van der Waals surface area contributed by atoms with Crippen LogP contribution in [0.2, 0.25) is 0 Å². The lowest BCUT2D eigenvalue weighted by molar-refractivity contribution is 0.182. The lowest BCUT2D eigenvalue weighted by Gasteiger charge is -2.31. The van der Waals surface area contributed by atoms with Gasteiger partial charge in [0.25, 0.3) is 0 Å². The maximum atomic E-state index is 5.04. The van der Waals surface area contributed by atoms with Crippen LogP contribution in [0.1, 0.15) is 49.0 Å². The van der Waals surface area contributed by atoms with Gasteiger partial charge in [-0.1, -0.05) is 25.5 Å². The van der Waals surface area contributed by atoms with E-state index < -0.39 is 0 Å². The van der Waals surface area contributed by atoms with Gasteiger partial charge in [-0.3, -0.25) is 4.90 Å². The standard InChI is InChI=1S/C19H26N4/c1-3-14-7-9-15(10-8-14)23-19-16(11-12-20-19)18(21-23)17-6-4-5-13-22(17)2/h7-10,17,20H,3-6,11-13H2,1-2H3. The van der Waals surface area contributed by atoms with Crippen LogP contribution in [-0.4, -0.2) is 34.8 Å². The summed E-state index contributed by atoms with van der Waals surface area (Å²) < 4.78 is 2.12. The van der Waals surface area contributed by atoms with Crippen molar-refractivity contribution in [1.29, 1.82) is 0 Å². The van der Waals surface area contributed by atoms with Gasteiger partial charge in [0.2, 0.25) is 0 Å². The molecule has 0 radical (unpaired) electrons. The number of piperidine rings is 1. The van der Waals surface area contributed by atoms with Crippen LogP contribution >= 0.6 is 0 Å². The highest BCUT2D eigenvalue weighted by molar-refractivity contribution is 5.57. The fraction of sp³-hybridized carbons (Fsp3) is 0.526. The van der Waals surface area contributed by atoms with E-state index in [9.17, 15) is 0 Å². The van der Waals surface area contributed by atoms with Gasteiger partial charge in [-0.2, -0.15) is 5.10 Å². The number of aromatic nitrogens is 2. The Labute approximate surface area is 138 Å². The smallest absolute Gasteiger partial charge is 0.133 e. The first-order valence-electron chi connectivity index (χ1n) is 8.93. The number of hydrogen-bond acceptors (Lipinski definition) is 3. The summed E-state index contributed by atoms with van der Waals surface area (Å²) >= 11 is 0. The molecule has 23 heavy (non-hydrogen) atoms. The molecule has 0 bridgehead atoms. The molecule has 0 amide bonds. The summed E-state index contributed by atoms with van der Waals surface area (Å²) in [4.78, 5) is 2.48.